The number of methoxy groups -OCH3 is 1. The molecule has 0 unspecified atom stereocenters. The average Bonchev–Trinajstić information content (AvgIpc) is 2.26. The van der Waals surface area contributed by atoms with Crippen LogP contribution in [0.25, 0.3) is 0 Å². The third kappa shape index (κ3) is 3.84. The fourth-order valence-corrected chi connectivity index (χ4v) is 1.26. The van der Waals surface area contributed by atoms with E-state index in [9.17, 15) is 4.79 Å². The lowest BCUT2D eigenvalue weighted by Crippen LogP contribution is -2.23. The highest BCUT2D eigenvalue weighted by Crippen LogP contribution is 2.19. The fourth-order valence-electron chi connectivity index (χ4n) is 1.26. The normalized spacial score (nSPS) is 10.5. The first-order valence-corrected chi connectivity index (χ1v) is 5.25. The van der Waals surface area contributed by atoms with E-state index in [1.807, 2.05) is 20.8 Å². The van der Waals surface area contributed by atoms with Gasteiger partial charge in [0.1, 0.15) is 11.4 Å². The van der Waals surface area contributed by atoms with Crippen LogP contribution in [0, 0.1) is 12.3 Å². The van der Waals surface area contributed by atoms with Crippen molar-refractivity contribution in [2.45, 2.75) is 26.4 Å². The van der Waals surface area contributed by atoms with Crippen LogP contribution >= 0.6 is 0 Å². The lowest BCUT2D eigenvalue weighted by Gasteiger charge is -2.19. The molecule has 0 amide bonds. The van der Waals surface area contributed by atoms with Crippen LogP contribution in [-0.2, 0) is 4.74 Å². The minimum Gasteiger partial charge on any atom is -0.497 e. The minimum absolute atomic E-state index is 0.396. The third-order valence-electron chi connectivity index (χ3n) is 1.94. The maximum absolute atomic E-state index is 11.9. The number of carbonyl (C=O) groups is 1. The molecule has 1 rings (SSSR count). The molecule has 3 nitrogen and oxygen atoms in total. The van der Waals surface area contributed by atoms with Crippen molar-refractivity contribution in [1.82, 2.24) is 0 Å². The van der Waals surface area contributed by atoms with Crippen LogP contribution in [0.3, 0.4) is 0 Å². The molecule has 0 saturated heterocycles. The molecular formula is C14H16O3. The monoisotopic (exact) mass is 232 g/mol. The molecule has 0 aliphatic heterocycles. The summed E-state index contributed by atoms with van der Waals surface area (Å²) in [6, 6.07) is 4.90. The molecule has 1 aromatic carbocycles. The Bertz CT molecular complexity index is 461. The molecule has 0 atom stereocenters. The van der Waals surface area contributed by atoms with Gasteiger partial charge in [0.15, 0.2) is 0 Å². The smallest absolute Gasteiger partial charge is 0.338 e. The number of benzene rings is 1. The molecule has 0 aromatic heterocycles. The zero-order valence-electron chi connectivity index (χ0n) is 10.5. The summed E-state index contributed by atoms with van der Waals surface area (Å²) in [5.41, 5.74) is 0.452. The molecule has 0 N–H and O–H groups in total. The summed E-state index contributed by atoms with van der Waals surface area (Å²) in [5.74, 6) is 2.61. The highest BCUT2D eigenvalue weighted by Gasteiger charge is 2.18. The Morgan fingerprint density at radius 1 is 1.29 bits per heavy atom. The van der Waals surface area contributed by atoms with Gasteiger partial charge in [-0.25, -0.2) is 4.79 Å². The lowest BCUT2D eigenvalue weighted by atomic mass is 10.1. The molecule has 0 spiro atoms. The molecule has 0 radical (unpaired) electrons. The van der Waals surface area contributed by atoms with Crippen molar-refractivity contribution >= 4 is 5.97 Å². The zero-order chi connectivity index (χ0) is 13.1. The summed E-state index contributed by atoms with van der Waals surface area (Å²) in [4.78, 5) is 11.9. The predicted octanol–water partition coefficient (Wildman–Crippen LogP) is 2.63. The second-order valence-electron chi connectivity index (χ2n) is 4.60. The van der Waals surface area contributed by atoms with E-state index in [1.165, 1.54) is 7.11 Å². The van der Waals surface area contributed by atoms with Gasteiger partial charge >= 0.3 is 5.97 Å². The topological polar surface area (TPSA) is 35.5 Å². The molecular weight excluding hydrogens is 216 g/mol. The Kier molecular flexibility index (Phi) is 3.80. The largest absolute Gasteiger partial charge is 0.497 e. The Hall–Kier alpha value is -1.95. The first-order valence-electron chi connectivity index (χ1n) is 5.25. The van der Waals surface area contributed by atoms with Crippen molar-refractivity contribution in [2.24, 2.45) is 0 Å². The van der Waals surface area contributed by atoms with E-state index in [0.29, 0.717) is 16.9 Å². The van der Waals surface area contributed by atoms with Crippen molar-refractivity contribution in [1.29, 1.82) is 0 Å². The van der Waals surface area contributed by atoms with Crippen LogP contribution in [0.2, 0.25) is 0 Å². The van der Waals surface area contributed by atoms with E-state index in [0.717, 1.165) is 0 Å². The number of carbonyl (C=O) groups excluding carboxylic acids is 1. The quantitative estimate of drug-likeness (QED) is 0.581. The van der Waals surface area contributed by atoms with Crippen LogP contribution in [0.4, 0.5) is 0 Å². The van der Waals surface area contributed by atoms with Gasteiger partial charge in [-0.1, -0.05) is 5.92 Å². The summed E-state index contributed by atoms with van der Waals surface area (Å²) in [5, 5.41) is 0. The van der Waals surface area contributed by atoms with E-state index in [-0.39, 0.29) is 0 Å². The summed E-state index contributed by atoms with van der Waals surface area (Å²) < 4.78 is 10.3. The molecule has 0 fully saturated rings. The van der Waals surface area contributed by atoms with Crippen molar-refractivity contribution in [3.8, 4) is 18.1 Å². The molecule has 90 valence electrons. The molecule has 0 aliphatic carbocycles. The molecule has 17 heavy (non-hydrogen) atoms. The maximum Gasteiger partial charge on any atom is 0.338 e. The molecule has 0 bridgehead atoms. The number of terminal acetylenes is 1. The summed E-state index contributed by atoms with van der Waals surface area (Å²) >= 11 is 0. The van der Waals surface area contributed by atoms with Crippen molar-refractivity contribution < 1.29 is 14.3 Å². The van der Waals surface area contributed by atoms with E-state index < -0.39 is 11.6 Å². The standard InChI is InChI=1S/C14H16O3/c1-6-10-7-11(9-12(8-10)16-5)13(15)17-14(2,3)4/h1,7-9H,2-5H3. The maximum atomic E-state index is 11.9. The van der Waals surface area contributed by atoms with Crippen molar-refractivity contribution in [2.75, 3.05) is 7.11 Å². The highest BCUT2D eigenvalue weighted by molar-refractivity contribution is 5.90. The lowest BCUT2D eigenvalue weighted by molar-refractivity contribution is 0.00691. The Morgan fingerprint density at radius 2 is 1.94 bits per heavy atom. The number of ether oxygens (including phenoxy) is 2. The van der Waals surface area contributed by atoms with Gasteiger partial charge in [0, 0.05) is 5.56 Å². The Labute approximate surface area is 102 Å². The van der Waals surface area contributed by atoms with E-state index in [2.05, 4.69) is 5.92 Å². The van der Waals surface area contributed by atoms with Gasteiger partial charge in [-0.3, -0.25) is 0 Å². The molecule has 0 saturated carbocycles. The van der Waals surface area contributed by atoms with Crippen LogP contribution in [0.5, 0.6) is 5.75 Å². The number of rotatable bonds is 2. The van der Waals surface area contributed by atoms with Crippen LogP contribution < -0.4 is 4.74 Å². The SMILES string of the molecule is C#Cc1cc(OC)cc(C(=O)OC(C)(C)C)c1. The van der Waals surface area contributed by atoms with Crippen LogP contribution in [0.15, 0.2) is 18.2 Å². The van der Waals surface area contributed by atoms with Crippen molar-refractivity contribution in [3.63, 3.8) is 0 Å². The highest BCUT2D eigenvalue weighted by atomic mass is 16.6. The van der Waals surface area contributed by atoms with Crippen LogP contribution in [0.1, 0.15) is 36.7 Å². The molecule has 0 aliphatic rings. The molecule has 0 heterocycles. The zero-order valence-corrected chi connectivity index (χ0v) is 10.5. The van der Waals surface area contributed by atoms with E-state index in [4.69, 9.17) is 15.9 Å². The van der Waals surface area contributed by atoms with Crippen LogP contribution in [-0.4, -0.2) is 18.7 Å². The third-order valence-corrected chi connectivity index (χ3v) is 1.94. The number of esters is 1. The van der Waals surface area contributed by atoms with E-state index >= 15 is 0 Å². The second-order valence-corrected chi connectivity index (χ2v) is 4.60. The van der Waals surface area contributed by atoms with Gasteiger partial charge in [-0.05, 0) is 39.0 Å². The van der Waals surface area contributed by atoms with Gasteiger partial charge in [0.25, 0.3) is 0 Å². The predicted molar refractivity (Wildman–Crippen MR) is 66.1 cm³/mol. The van der Waals surface area contributed by atoms with E-state index in [1.54, 1.807) is 18.2 Å². The van der Waals surface area contributed by atoms with Gasteiger partial charge < -0.3 is 9.47 Å². The molecule has 1 aromatic rings. The summed E-state index contributed by atoms with van der Waals surface area (Å²) in [7, 11) is 1.52. The van der Waals surface area contributed by atoms with Crippen molar-refractivity contribution in [3.05, 3.63) is 29.3 Å². The summed E-state index contributed by atoms with van der Waals surface area (Å²) in [6.45, 7) is 5.44. The summed E-state index contributed by atoms with van der Waals surface area (Å²) in [6.07, 6.45) is 5.31. The van der Waals surface area contributed by atoms with Gasteiger partial charge in [-0.15, -0.1) is 6.42 Å². The first-order chi connectivity index (χ1) is 7.85. The van der Waals surface area contributed by atoms with Gasteiger partial charge in [-0.2, -0.15) is 0 Å². The first kappa shape index (κ1) is 13.1. The fraction of sp³-hybridized carbons (Fsp3) is 0.357. The second kappa shape index (κ2) is 4.92. The average molecular weight is 232 g/mol. The number of hydrogen-bond acceptors (Lipinski definition) is 3. The van der Waals surface area contributed by atoms with Gasteiger partial charge in [0.2, 0.25) is 0 Å². The van der Waals surface area contributed by atoms with Gasteiger partial charge in [0.05, 0.1) is 12.7 Å². The molecule has 3 heteroatoms. The Balaban J connectivity index is 3.06. The Morgan fingerprint density at radius 3 is 2.41 bits per heavy atom. The number of hydrogen-bond donors (Lipinski definition) is 0. The minimum atomic E-state index is -0.531.